The Morgan fingerprint density at radius 2 is 1.89 bits per heavy atom. The summed E-state index contributed by atoms with van der Waals surface area (Å²) in [5.74, 6) is 1.55. The summed E-state index contributed by atoms with van der Waals surface area (Å²) >= 11 is 0. The summed E-state index contributed by atoms with van der Waals surface area (Å²) in [6.07, 6.45) is 2.04. The zero-order chi connectivity index (χ0) is 19.9. The van der Waals surface area contributed by atoms with Gasteiger partial charge in [-0.3, -0.25) is 4.31 Å². The Balaban J connectivity index is 1.38. The minimum absolute atomic E-state index is 0.0451. The van der Waals surface area contributed by atoms with Crippen LogP contribution in [0.4, 0.5) is 5.69 Å². The summed E-state index contributed by atoms with van der Waals surface area (Å²) in [6.45, 7) is 6.40. The quantitative estimate of drug-likeness (QED) is 0.688. The van der Waals surface area contributed by atoms with Gasteiger partial charge in [-0.25, -0.2) is 8.42 Å². The molecule has 6 heteroatoms. The van der Waals surface area contributed by atoms with Crippen molar-refractivity contribution in [3.8, 4) is 11.5 Å². The first-order valence-electron chi connectivity index (χ1n) is 9.81. The Morgan fingerprint density at radius 3 is 2.71 bits per heavy atom. The van der Waals surface area contributed by atoms with Crippen LogP contribution in [0.5, 0.6) is 11.5 Å². The predicted molar refractivity (Wildman–Crippen MR) is 111 cm³/mol. The van der Waals surface area contributed by atoms with E-state index in [9.17, 15) is 8.42 Å². The van der Waals surface area contributed by atoms with E-state index in [-0.39, 0.29) is 17.4 Å². The number of anilines is 1. The Bertz CT molecular complexity index is 984. The molecule has 5 nitrogen and oxygen atoms in total. The molecule has 1 atom stereocenters. The fourth-order valence-corrected chi connectivity index (χ4v) is 5.96. The fraction of sp³-hybridized carbons (Fsp3) is 0.455. The molecule has 0 radical (unpaired) electrons. The second-order valence-electron chi connectivity index (χ2n) is 8.28. The normalized spacial score (nSPS) is 19.8. The maximum Gasteiger partial charge on any atom is 0.235 e. The lowest BCUT2D eigenvalue weighted by Crippen LogP contribution is -2.37. The number of benzene rings is 2. The lowest BCUT2D eigenvalue weighted by Gasteiger charge is -2.24. The van der Waals surface area contributed by atoms with Gasteiger partial charge in [0, 0.05) is 18.0 Å². The van der Waals surface area contributed by atoms with Crippen molar-refractivity contribution in [1.29, 1.82) is 0 Å². The maximum atomic E-state index is 12.9. The van der Waals surface area contributed by atoms with Crippen LogP contribution < -0.4 is 13.8 Å². The van der Waals surface area contributed by atoms with Gasteiger partial charge >= 0.3 is 0 Å². The van der Waals surface area contributed by atoms with E-state index in [0.717, 1.165) is 35.4 Å². The summed E-state index contributed by atoms with van der Waals surface area (Å²) in [4.78, 5) is 0. The van der Waals surface area contributed by atoms with Gasteiger partial charge in [-0.15, -0.1) is 0 Å². The number of nitrogens with zero attached hydrogens (tertiary/aromatic N) is 1. The van der Waals surface area contributed by atoms with Gasteiger partial charge in [0.1, 0.15) is 5.60 Å². The summed E-state index contributed by atoms with van der Waals surface area (Å²) in [7, 11) is -3.39. The van der Waals surface area contributed by atoms with Gasteiger partial charge < -0.3 is 9.47 Å². The fourth-order valence-electron chi connectivity index (χ4n) is 4.18. The third-order valence-electron chi connectivity index (χ3n) is 5.30. The number of sulfonamides is 1. The number of hydrogen-bond donors (Lipinski definition) is 0. The molecule has 0 aromatic heterocycles. The van der Waals surface area contributed by atoms with Crippen molar-refractivity contribution >= 4 is 15.7 Å². The lowest BCUT2D eigenvalue weighted by atomic mass is 10.0. The van der Waals surface area contributed by atoms with E-state index < -0.39 is 10.0 Å². The van der Waals surface area contributed by atoms with E-state index in [1.807, 2.05) is 49.4 Å². The highest BCUT2D eigenvalue weighted by atomic mass is 32.2. The Kier molecular flexibility index (Phi) is 4.78. The van der Waals surface area contributed by atoms with Crippen molar-refractivity contribution in [2.45, 2.75) is 51.7 Å². The lowest BCUT2D eigenvalue weighted by molar-refractivity contribution is 0.132. The molecular formula is C22H27NO4S. The predicted octanol–water partition coefficient (Wildman–Crippen LogP) is 3.95. The van der Waals surface area contributed by atoms with Gasteiger partial charge in [0.05, 0.1) is 18.0 Å². The van der Waals surface area contributed by atoms with Gasteiger partial charge in [-0.05, 0) is 51.3 Å². The number of para-hydroxylation sites is 2. The van der Waals surface area contributed by atoms with E-state index in [1.54, 1.807) is 4.31 Å². The third kappa shape index (κ3) is 3.58. The molecule has 0 fully saturated rings. The van der Waals surface area contributed by atoms with E-state index in [0.29, 0.717) is 18.8 Å². The van der Waals surface area contributed by atoms with Gasteiger partial charge in [0.25, 0.3) is 0 Å². The Morgan fingerprint density at radius 1 is 1.14 bits per heavy atom. The maximum absolute atomic E-state index is 12.9. The number of rotatable bonds is 6. The van der Waals surface area contributed by atoms with Gasteiger partial charge in [-0.1, -0.05) is 30.3 Å². The van der Waals surface area contributed by atoms with Gasteiger partial charge in [0.2, 0.25) is 10.0 Å². The minimum Gasteiger partial charge on any atom is -0.490 e. The van der Waals surface area contributed by atoms with Crippen LogP contribution in [-0.4, -0.2) is 32.4 Å². The molecule has 0 N–H and O–H groups in total. The standard InChI is InChI=1S/C22H27NO4S/c1-16-14-17-8-4-5-10-19(17)23(16)28(24,25)13-7-12-26-20-11-6-9-18-15-22(2,3)27-21(18)20/h4-6,8-11,16H,7,12-15H2,1-3H3. The molecule has 0 saturated carbocycles. The van der Waals surface area contributed by atoms with Crippen molar-refractivity contribution in [3.63, 3.8) is 0 Å². The van der Waals surface area contributed by atoms with E-state index >= 15 is 0 Å². The second kappa shape index (κ2) is 6.99. The van der Waals surface area contributed by atoms with Crippen LogP contribution in [0.2, 0.25) is 0 Å². The SMILES string of the molecule is CC1Cc2ccccc2N1S(=O)(=O)CCCOc1cccc2c1OC(C)(C)C2. The summed E-state index contributed by atoms with van der Waals surface area (Å²) in [5.41, 5.74) is 2.81. The number of ether oxygens (including phenoxy) is 2. The molecule has 2 aromatic carbocycles. The van der Waals surface area contributed by atoms with Crippen molar-refractivity contribution in [2.24, 2.45) is 0 Å². The highest BCUT2D eigenvalue weighted by Gasteiger charge is 2.35. The summed E-state index contributed by atoms with van der Waals surface area (Å²) < 4.78 is 39.3. The smallest absolute Gasteiger partial charge is 0.235 e. The molecule has 4 rings (SSSR count). The van der Waals surface area contributed by atoms with Crippen LogP contribution in [0.25, 0.3) is 0 Å². The Hall–Kier alpha value is -2.21. The first kappa shape index (κ1) is 19.1. The van der Waals surface area contributed by atoms with Crippen LogP contribution in [0.15, 0.2) is 42.5 Å². The van der Waals surface area contributed by atoms with Crippen LogP contribution in [0.1, 0.15) is 38.3 Å². The molecule has 1 unspecified atom stereocenters. The molecule has 2 heterocycles. The van der Waals surface area contributed by atoms with Crippen molar-refractivity contribution < 1.29 is 17.9 Å². The molecule has 0 spiro atoms. The summed E-state index contributed by atoms with van der Waals surface area (Å²) in [6, 6.07) is 13.6. The first-order valence-corrected chi connectivity index (χ1v) is 11.4. The van der Waals surface area contributed by atoms with Crippen LogP contribution in [0.3, 0.4) is 0 Å². The molecule has 0 bridgehead atoms. The van der Waals surface area contributed by atoms with Crippen LogP contribution >= 0.6 is 0 Å². The topological polar surface area (TPSA) is 55.8 Å². The molecule has 150 valence electrons. The zero-order valence-corrected chi connectivity index (χ0v) is 17.5. The van der Waals surface area contributed by atoms with Crippen molar-refractivity contribution in [3.05, 3.63) is 53.6 Å². The van der Waals surface area contributed by atoms with Gasteiger partial charge in [-0.2, -0.15) is 0 Å². The average Bonchev–Trinajstić information content (AvgIpc) is 3.13. The third-order valence-corrected chi connectivity index (χ3v) is 7.26. The molecular weight excluding hydrogens is 374 g/mol. The van der Waals surface area contributed by atoms with Crippen molar-refractivity contribution in [1.82, 2.24) is 0 Å². The Labute approximate surface area is 167 Å². The second-order valence-corrected chi connectivity index (χ2v) is 10.2. The van der Waals surface area contributed by atoms with Gasteiger partial charge in [0.15, 0.2) is 11.5 Å². The molecule has 2 aromatic rings. The largest absolute Gasteiger partial charge is 0.490 e. The van der Waals surface area contributed by atoms with Crippen LogP contribution in [0, 0.1) is 0 Å². The van der Waals surface area contributed by atoms with Crippen LogP contribution in [-0.2, 0) is 22.9 Å². The molecule has 0 aliphatic carbocycles. The van der Waals surface area contributed by atoms with E-state index in [4.69, 9.17) is 9.47 Å². The molecule has 2 aliphatic heterocycles. The average molecular weight is 402 g/mol. The van der Waals surface area contributed by atoms with E-state index in [1.165, 1.54) is 0 Å². The molecule has 2 aliphatic rings. The summed E-state index contributed by atoms with van der Waals surface area (Å²) in [5, 5.41) is 0. The van der Waals surface area contributed by atoms with Crippen molar-refractivity contribution in [2.75, 3.05) is 16.7 Å². The monoisotopic (exact) mass is 401 g/mol. The zero-order valence-electron chi connectivity index (χ0n) is 16.6. The minimum atomic E-state index is -3.39. The molecule has 0 amide bonds. The number of fused-ring (bicyclic) bond motifs is 2. The first-order chi connectivity index (χ1) is 13.3. The van der Waals surface area contributed by atoms with E-state index in [2.05, 4.69) is 13.8 Å². The number of hydrogen-bond acceptors (Lipinski definition) is 4. The molecule has 28 heavy (non-hydrogen) atoms. The highest BCUT2D eigenvalue weighted by Crippen LogP contribution is 2.41. The highest BCUT2D eigenvalue weighted by molar-refractivity contribution is 7.92. The molecule has 0 saturated heterocycles.